The molecule has 2 heterocycles. The molecule has 2 aliphatic rings. The van der Waals surface area contributed by atoms with E-state index in [9.17, 15) is 45.6 Å². The largest absolute Gasteiger partial charge is 0.394 e. The van der Waals surface area contributed by atoms with Crippen molar-refractivity contribution in [2.24, 2.45) is 0 Å². The molecule has 0 aliphatic carbocycles. The predicted molar refractivity (Wildman–Crippen MR) is 281 cm³/mol. The first kappa shape index (κ1) is 64.3. The number of ether oxygens (including phenoxy) is 4. The van der Waals surface area contributed by atoms with Crippen LogP contribution in [0.25, 0.3) is 0 Å². The van der Waals surface area contributed by atoms with E-state index in [2.05, 4.69) is 92.1 Å². The lowest BCUT2D eigenvalue weighted by molar-refractivity contribution is -0.359. The molecule has 0 aromatic rings. The van der Waals surface area contributed by atoms with Gasteiger partial charge in [-0.1, -0.05) is 189 Å². The zero-order valence-electron chi connectivity index (χ0n) is 43.4. The summed E-state index contributed by atoms with van der Waals surface area (Å²) in [6.45, 7) is 2.49. The third-order valence-electron chi connectivity index (χ3n) is 12.8. The van der Waals surface area contributed by atoms with Crippen LogP contribution in [-0.2, 0) is 23.7 Å². The summed E-state index contributed by atoms with van der Waals surface area (Å²) in [5, 5.41) is 86.1. The van der Waals surface area contributed by atoms with Crippen LogP contribution < -0.4 is 5.32 Å². The Labute approximate surface area is 427 Å². The van der Waals surface area contributed by atoms with Crippen molar-refractivity contribution in [1.29, 1.82) is 0 Å². The highest BCUT2D eigenvalue weighted by atomic mass is 16.7. The molecule has 2 rings (SSSR count). The maximum Gasteiger partial charge on any atom is 0.220 e. The van der Waals surface area contributed by atoms with Gasteiger partial charge in [0.1, 0.15) is 48.8 Å². The van der Waals surface area contributed by atoms with Crippen LogP contribution in [0.4, 0.5) is 0 Å². The highest BCUT2D eigenvalue weighted by molar-refractivity contribution is 5.76. The van der Waals surface area contributed by atoms with Crippen molar-refractivity contribution >= 4 is 5.91 Å². The average molecular weight is 1000 g/mol. The average Bonchev–Trinajstić information content (AvgIpc) is 3.37. The Hall–Kier alpha value is -2.83. The van der Waals surface area contributed by atoms with Gasteiger partial charge in [-0.2, -0.15) is 0 Å². The Balaban J connectivity index is 1.55. The van der Waals surface area contributed by atoms with E-state index in [1.807, 2.05) is 6.08 Å². The zero-order chi connectivity index (χ0) is 51.7. The molecule has 2 fully saturated rings. The summed E-state index contributed by atoms with van der Waals surface area (Å²) in [4.78, 5) is 13.1. The van der Waals surface area contributed by atoms with Crippen molar-refractivity contribution in [1.82, 2.24) is 5.32 Å². The zero-order valence-corrected chi connectivity index (χ0v) is 43.4. The number of hydrogen-bond acceptors (Lipinski definition) is 13. The molecule has 0 spiro atoms. The number of carbonyl (C=O) groups is 1. The van der Waals surface area contributed by atoms with Gasteiger partial charge in [-0.15, -0.1) is 0 Å². The van der Waals surface area contributed by atoms with E-state index < -0.39 is 86.8 Å². The number of hydrogen-bond donors (Lipinski definition) is 9. The number of nitrogens with one attached hydrogen (secondary N) is 1. The Morgan fingerprint density at radius 2 is 0.972 bits per heavy atom. The fourth-order valence-corrected chi connectivity index (χ4v) is 8.40. The molecule has 14 nitrogen and oxygen atoms in total. The normalized spacial score (nSPS) is 26.5. The summed E-state index contributed by atoms with van der Waals surface area (Å²) in [7, 11) is 0. The van der Waals surface area contributed by atoms with Gasteiger partial charge in [-0.3, -0.25) is 4.79 Å². The lowest BCUT2D eigenvalue weighted by Crippen LogP contribution is -2.65. The maximum absolute atomic E-state index is 13.1. The van der Waals surface area contributed by atoms with Crippen LogP contribution in [0.5, 0.6) is 0 Å². The second-order valence-electron chi connectivity index (χ2n) is 19.0. The van der Waals surface area contributed by atoms with E-state index in [-0.39, 0.29) is 18.9 Å². The molecule has 12 unspecified atom stereocenters. The monoisotopic (exact) mass is 1000 g/mol. The topological polar surface area (TPSA) is 228 Å². The van der Waals surface area contributed by atoms with Gasteiger partial charge in [0.15, 0.2) is 12.6 Å². The number of aliphatic hydroxyl groups excluding tert-OH is 8. The van der Waals surface area contributed by atoms with Crippen molar-refractivity contribution in [2.45, 2.75) is 248 Å². The van der Waals surface area contributed by atoms with Crippen LogP contribution in [0.3, 0.4) is 0 Å². The van der Waals surface area contributed by atoms with Gasteiger partial charge < -0.3 is 65.1 Å². The number of aliphatic hydroxyl groups is 8. The highest BCUT2D eigenvalue weighted by Gasteiger charge is 2.51. The summed E-state index contributed by atoms with van der Waals surface area (Å²) in [5.41, 5.74) is 0. The van der Waals surface area contributed by atoms with Gasteiger partial charge in [-0.05, 0) is 64.2 Å². The fourth-order valence-electron chi connectivity index (χ4n) is 8.40. The SMILES string of the molecule is CC/C=C\C/C=C\C/C=C\C/C=C\C/C=C\C/C=C\CCCCCCCCCCCCCCCCC(=O)NC(COC1OC(CO)C(OC2OC(CO)C(O)C(O)C2O)C(O)C1O)C(O)/C=C/CCCC. The summed E-state index contributed by atoms with van der Waals surface area (Å²) in [6.07, 6.45) is 40.2. The summed E-state index contributed by atoms with van der Waals surface area (Å²) in [5.74, 6) is -0.254. The molecule has 1 amide bonds. The first-order valence-corrected chi connectivity index (χ1v) is 27.3. The first-order valence-electron chi connectivity index (χ1n) is 27.3. The number of carbonyl (C=O) groups excluding carboxylic acids is 1. The van der Waals surface area contributed by atoms with Gasteiger partial charge in [-0.25, -0.2) is 0 Å². The molecule has 0 radical (unpaired) electrons. The molecular weight excluding hydrogens is 907 g/mol. The van der Waals surface area contributed by atoms with E-state index in [0.29, 0.717) is 6.42 Å². The Morgan fingerprint density at radius 1 is 0.521 bits per heavy atom. The van der Waals surface area contributed by atoms with Crippen LogP contribution in [0.15, 0.2) is 85.1 Å². The van der Waals surface area contributed by atoms with E-state index in [0.717, 1.165) is 77.0 Å². The number of amides is 1. The van der Waals surface area contributed by atoms with Crippen LogP contribution in [0.1, 0.15) is 174 Å². The molecule has 0 bridgehead atoms. The summed E-state index contributed by atoms with van der Waals surface area (Å²) in [6, 6.07) is -0.914. The molecule has 14 heteroatoms. The minimum Gasteiger partial charge on any atom is -0.394 e. The number of allylic oxidation sites excluding steroid dienone is 13. The molecule has 9 N–H and O–H groups in total. The van der Waals surface area contributed by atoms with Gasteiger partial charge in [0.2, 0.25) is 5.91 Å². The van der Waals surface area contributed by atoms with Crippen molar-refractivity contribution in [3.05, 3.63) is 85.1 Å². The molecule has 12 atom stereocenters. The number of unbranched alkanes of at least 4 members (excludes halogenated alkanes) is 16. The minimum atomic E-state index is -1.79. The van der Waals surface area contributed by atoms with E-state index in [1.54, 1.807) is 6.08 Å². The van der Waals surface area contributed by atoms with E-state index >= 15 is 0 Å². The molecule has 0 saturated carbocycles. The third kappa shape index (κ3) is 29.0. The smallest absolute Gasteiger partial charge is 0.220 e. The van der Waals surface area contributed by atoms with E-state index in [1.165, 1.54) is 70.6 Å². The quantitative estimate of drug-likeness (QED) is 0.0208. The van der Waals surface area contributed by atoms with Gasteiger partial charge in [0.05, 0.1) is 32.0 Å². The van der Waals surface area contributed by atoms with Crippen LogP contribution in [0.2, 0.25) is 0 Å². The summed E-state index contributed by atoms with van der Waals surface area (Å²) >= 11 is 0. The van der Waals surface area contributed by atoms with E-state index in [4.69, 9.17) is 18.9 Å². The molecule has 2 saturated heterocycles. The van der Waals surface area contributed by atoms with Crippen LogP contribution in [0, 0.1) is 0 Å². The van der Waals surface area contributed by atoms with Gasteiger partial charge >= 0.3 is 0 Å². The predicted octanol–water partition coefficient (Wildman–Crippen LogP) is 8.16. The number of rotatable bonds is 41. The molecule has 408 valence electrons. The fraction of sp³-hybridized carbons (Fsp3) is 0.737. The third-order valence-corrected chi connectivity index (χ3v) is 12.8. The molecule has 0 aromatic heterocycles. The first-order chi connectivity index (χ1) is 34.6. The lowest BCUT2D eigenvalue weighted by Gasteiger charge is -2.46. The highest BCUT2D eigenvalue weighted by Crippen LogP contribution is 2.30. The van der Waals surface area contributed by atoms with Crippen molar-refractivity contribution in [3.8, 4) is 0 Å². The minimum absolute atomic E-state index is 0.254. The summed E-state index contributed by atoms with van der Waals surface area (Å²) < 4.78 is 22.5. The van der Waals surface area contributed by atoms with Gasteiger partial charge in [0.25, 0.3) is 0 Å². The van der Waals surface area contributed by atoms with Gasteiger partial charge in [0, 0.05) is 6.42 Å². The molecule has 71 heavy (non-hydrogen) atoms. The Bertz CT molecular complexity index is 1510. The molecular formula is C57H97NO13. The van der Waals surface area contributed by atoms with Crippen molar-refractivity contribution in [3.63, 3.8) is 0 Å². The van der Waals surface area contributed by atoms with Crippen LogP contribution in [-0.4, -0.2) is 140 Å². The van der Waals surface area contributed by atoms with Crippen molar-refractivity contribution < 1.29 is 64.6 Å². The molecule has 0 aromatic carbocycles. The second-order valence-corrected chi connectivity index (χ2v) is 19.0. The molecule has 2 aliphatic heterocycles. The lowest BCUT2D eigenvalue weighted by atomic mass is 9.97. The van der Waals surface area contributed by atoms with Crippen molar-refractivity contribution in [2.75, 3.05) is 19.8 Å². The maximum atomic E-state index is 13.1. The Kier molecular flexibility index (Phi) is 38.5. The van der Waals surface area contributed by atoms with Crippen LogP contribution >= 0.6 is 0 Å². The standard InChI is InChI=1S/C57H97NO13/c1-3-5-7-9-10-11-12-13-14-15-16-17-18-19-20-21-22-23-24-25-26-27-28-29-30-31-32-33-34-35-36-37-39-41-49(62)58-45(46(61)40-38-8-6-4-2)44-68-56-54(67)52(65)55(48(43-60)70-56)71-57-53(66)51(64)50(63)47(42-59)69-57/h5,7,10-11,13-14,16-17,19-20,22-23,38,40,45-48,50-57,59-61,63-67H,3-4,6,8-9,12,15,18,21,24-37,39,41-44H2,1-2H3,(H,58,62)/b7-5-,11-10-,14-13-,17-16-,20-19-,23-22-,40-38+. The Morgan fingerprint density at radius 3 is 1.48 bits per heavy atom. The second kappa shape index (κ2) is 42.5.